The lowest BCUT2D eigenvalue weighted by molar-refractivity contribution is -0.146. The van der Waals surface area contributed by atoms with Crippen LogP contribution in [0.2, 0.25) is 0 Å². The van der Waals surface area contributed by atoms with E-state index >= 15 is 0 Å². The first kappa shape index (κ1) is 21.0. The molecule has 0 spiro atoms. The van der Waals surface area contributed by atoms with Crippen molar-refractivity contribution in [2.45, 2.75) is 18.9 Å². The number of rotatable bonds is 5. The summed E-state index contributed by atoms with van der Waals surface area (Å²) < 4.78 is 16.8. The molecular formula is C24H24N4O5. The maximum atomic E-state index is 12.9. The van der Waals surface area contributed by atoms with E-state index in [0.29, 0.717) is 55.8 Å². The average Bonchev–Trinajstić information content (AvgIpc) is 3.36. The fourth-order valence-corrected chi connectivity index (χ4v) is 3.95. The molecular weight excluding hydrogens is 424 g/mol. The van der Waals surface area contributed by atoms with Crippen LogP contribution in [0, 0.1) is 0 Å². The molecule has 33 heavy (non-hydrogen) atoms. The Kier molecular flexibility index (Phi) is 5.93. The summed E-state index contributed by atoms with van der Waals surface area (Å²) in [6, 6.07) is 16.9. The van der Waals surface area contributed by atoms with Crippen LogP contribution in [0.25, 0.3) is 11.4 Å². The van der Waals surface area contributed by atoms with Gasteiger partial charge in [-0.2, -0.15) is 4.98 Å². The van der Waals surface area contributed by atoms with Gasteiger partial charge in [-0.1, -0.05) is 47.6 Å². The molecule has 1 aromatic heterocycles. The zero-order valence-corrected chi connectivity index (χ0v) is 18.1. The van der Waals surface area contributed by atoms with Crippen LogP contribution < -0.4 is 9.47 Å². The van der Waals surface area contributed by atoms with E-state index < -0.39 is 6.10 Å². The molecule has 3 heterocycles. The van der Waals surface area contributed by atoms with Gasteiger partial charge in [0.25, 0.3) is 5.91 Å². The van der Waals surface area contributed by atoms with Crippen LogP contribution in [0.1, 0.15) is 12.3 Å². The Bertz CT molecular complexity index is 1120. The molecule has 0 radical (unpaired) electrons. The Balaban J connectivity index is 1.09. The third kappa shape index (κ3) is 4.67. The lowest BCUT2D eigenvalue weighted by atomic mass is 10.2. The monoisotopic (exact) mass is 448 g/mol. The van der Waals surface area contributed by atoms with Gasteiger partial charge in [-0.3, -0.25) is 9.59 Å². The highest BCUT2D eigenvalue weighted by Gasteiger charge is 2.33. The van der Waals surface area contributed by atoms with Crippen molar-refractivity contribution in [1.29, 1.82) is 0 Å². The first-order chi connectivity index (χ1) is 16.2. The molecule has 0 aliphatic carbocycles. The molecule has 170 valence electrons. The number of fused-ring (bicyclic) bond motifs is 1. The van der Waals surface area contributed by atoms with Gasteiger partial charge in [0.05, 0.1) is 0 Å². The van der Waals surface area contributed by atoms with E-state index in [-0.39, 0.29) is 24.8 Å². The second kappa shape index (κ2) is 9.32. The number of piperazine rings is 1. The Morgan fingerprint density at radius 1 is 0.909 bits per heavy atom. The number of para-hydroxylation sites is 2. The van der Waals surface area contributed by atoms with E-state index in [0.717, 1.165) is 5.56 Å². The van der Waals surface area contributed by atoms with Gasteiger partial charge < -0.3 is 23.8 Å². The molecule has 0 unspecified atom stereocenters. The fourth-order valence-electron chi connectivity index (χ4n) is 3.95. The molecule has 2 aromatic carbocycles. The van der Waals surface area contributed by atoms with Crippen LogP contribution in [0.15, 0.2) is 59.1 Å². The molecule has 2 aliphatic heterocycles. The normalized spacial score (nSPS) is 17.6. The van der Waals surface area contributed by atoms with Gasteiger partial charge in [-0.15, -0.1) is 0 Å². The van der Waals surface area contributed by atoms with Crippen LogP contribution in [0.4, 0.5) is 0 Å². The Morgan fingerprint density at radius 2 is 1.61 bits per heavy atom. The highest BCUT2D eigenvalue weighted by Crippen LogP contribution is 2.31. The minimum absolute atomic E-state index is 0.00716. The summed E-state index contributed by atoms with van der Waals surface area (Å²) in [4.78, 5) is 33.4. The zero-order chi connectivity index (χ0) is 22.6. The number of carbonyl (C=O) groups excluding carboxylic acids is 2. The van der Waals surface area contributed by atoms with Crippen molar-refractivity contribution >= 4 is 11.8 Å². The summed E-state index contributed by atoms with van der Waals surface area (Å²) in [6.07, 6.45) is -0.0101. The maximum Gasteiger partial charge on any atom is 0.267 e. The number of hydrogen-bond acceptors (Lipinski definition) is 7. The molecule has 0 saturated carbocycles. The molecule has 1 saturated heterocycles. The van der Waals surface area contributed by atoms with Crippen molar-refractivity contribution in [2.24, 2.45) is 0 Å². The van der Waals surface area contributed by atoms with E-state index in [1.807, 2.05) is 48.5 Å². The molecule has 1 fully saturated rings. The van der Waals surface area contributed by atoms with Crippen molar-refractivity contribution in [2.75, 3.05) is 32.8 Å². The number of hydrogen-bond donors (Lipinski definition) is 0. The van der Waals surface area contributed by atoms with Crippen molar-refractivity contribution in [1.82, 2.24) is 19.9 Å². The van der Waals surface area contributed by atoms with E-state index in [2.05, 4.69) is 10.1 Å². The summed E-state index contributed by atoms with van der Waals surface area (Å²) >= 11 is 0. The third-order valence-electron chi connectivity index (χ3n) is 5.78. The number of nitrogens with zero attached hydrogens (tertiary/aromatic N) is 4. The fraction of sp³-hybridized carbons (Fsp3) is 0.333. The van der Waals surface area contributed by atoms with Gasteiger partial charge in [0.15, 0.2) is 11.5 Å². The number of aromatic nitrogens is 2. The summed E-state index contributed by atoms with van der Waals surface area (Å²) in [6.45, 7) is 2.07. The van der Waals surface area contributed by atoms with Crippen molar-refractivity contribution in [3.05, 3.63) is 60.5 Å². The Labute approximate surface area is 190 Å². The van der Waals surface area contributed by atoms with Crippen LogP contribution in [0.5, 0.6) is 11.5 Å². The first-order valence-electron chi connectivity index (χ1n) is 11.0. The van der Waals surface area contributed by atoms with Crippen molar-refractivity contribution in [3.8, 4) is 22.9 Å². The summed E-state index contributed by atoms with van der Waals surface area (Å²) in [5, 5.41) is 3.99. The second-order valence-corrected chi connectivity index (χ2v) is 7.95. The summed E-state index contributed by atoms with van der Waals surface area (Å²) in [5.41, 5.74) is 0.871. The highest BCUT2D eigenvalue weighted by atomic mass is 16.6. The van der Waals surface area contributed by atoms with E-state index in [9.17, 15) is 9.59 Å². The quantitative estimate of drug-likeness (QED) is 0.590. The SMILES string of the molecule is O=C(CCc1nc(-c2ccccc2)no1)N1CCN(C(=O)[C@@H]2COc3ccccc3O2)CC1. The van der Waals surface area contributed by atoms with E-state index in [1.54, 1.807) is 15.9 Å². The molecule has 1 atom stereocenters. The lowest BCUT2D eigenvalue weighted by Gasteiger charge is -2.37. The van der Waals surface area contributed by atoms with Gasteiger partial charge in [0.2, 0.25) is 23.7 Å². The smallest absolute Gasteiger partial charge is 0.267 e. The molecule has 0 N–H and O–H groups in total. The molecule has 2 aliphatic rings. The molecule has 9 nitrogen and oxygen atoms in total. The topological polar surface area (TPSA) is 98.0 Å². The Hall–Kier alpha value is -3.88. The standard InChI is InChI=1S/C24H24N4O5/c29-22(11-10-21-25-23(26-33-21)17-6-2-1-3-7-17)27-12-14-28(15-13-27)24(30)20-16-31-18-8-4-5-9-19(18)32-20/h1-9,20H,10-16H2/t20-/m0/s1. The van der Waals surface area contributed by atoms with Gasteiger partial charge in [0, 0.05) is 44.6 Å². The second-order valence-electron chi connectivity index (χ2n) is 7.95. The predicted octanol–water partition coefficient (Wildman–Crippen LogP) is 2.18. The maximum absolute atomic E-state index is 12.9. The average molecular weight is 448 g/mol. The van der Waals surface area contributed by atoms with Gasteiger partial charge in [-0.05, 0) is 12.1 Å². The number of benzene rings is 2. The zero-order valence-electron chi connectivity index (χ0n) is 18.1. The van der Waals surface area contributed by atoms with E-state index in [4.69, 9.17) is 14.0 Å². The van der Waals surface area contributed by atoms with Crippen LogP contribution >= 0.6 is 0 Å². The number of amides is 2. The predicted molar refractivity (Wildman–Crippen MR) is 118 cm³/mol. The number of ether oxygens (including phenoxy) is 2. The van der Waals surface area contributed by atoms with E-state index in [1.165, 1.54) is 0 Å². The minimum Gasteiger partial charge on any atom is -0.485 e. The van der Waals surface area contributed by atoms with Gasteiger partial charge in [-0.25, -0.2) is 0 Å². The van der Waals surface area contributed by atoms with Gasteiger partial charge >= 0.3 is 0 Å². The summed E-state index contributed by atoms with van der Waals surface area (Å²) in [7, 11) is 0. The highest BCUT2D eigenvalue weighted by molar-refractivity contribution is 5.82. The Morgan fingerprint density at radius 3 is 2.39 bits per heavy atom. The van der Waals surface area contributed by atoms with Crippen LogP contribution in [0.3, 0.4) is 0 Å². The lowest BCUT2D eigenvalue weighted by Crippen LogP contribution is -2.55. The van der Waals surface area contributed by atoms with Crippen molar-refractivity contribution < 1.29 is 23.6 Å². The number of carbonyl (C=O) groups is 2. The minimum atomic E-state index is -0.668. The van der Waals surface area contributed by atoms with Crippen LogP contribution in [-0.2, 0) is 16.0 Å². The molecule has 3 aromatic rings. The molecule has 5 rings (SSSR count). The van der Waals surface area contributed by atoms with Crippen molar-refractivity contribution in [3.63, 3.8) is 0 Å². The molecule has 9 heteroatoms. The summed E-state index contributed by atoms with van der Waals surface area (Å²) in [5.74, 6) is 2.07. The molecule has 2 amide bonds. The molecule has 0 bridgehead atoms. The van der Waals surface area contributed by atoms with Gasteiger partial charge in [0.1, 0.15) is 6.61 Å². The van der Waals surface area contributed by atoms with Crippen LogP contribution in [-0.4, -0.2) is 70.6 Å². The first-order valence-corrected chi connectivity index (χ1v) is 11.0. The largest absolute Gasteiger partial charge is 0.485 e. The third-order valence-corrected chi connectivity index (χ3v) is 5.78. The number of aryl methyl sites for hydroxylation is 1.